The van der Waals surface area contributed by atoms with Crippen LogP contribution in [-0.4, -0.2) is 23.1 Å². The first-order chi connectivity index (χ1) is 8.98. The van der Waals surface area contributed by atoms with E-state index in [0.29, 0.717) is 12.8 Å². The molecule has 1 aromatic carbocycles. The van der Waals surface area contributed by atoms with Crippen LogP contribution in [0.25, 0.3) is 0 Å². The van der Waals surface area contributed by atoms with Crippen molar-refractivity contribution in [3.63, 3.8) is 0 Å². The zero-order chi connectivity index (χ0) is 14.0. The highest BCUT2D eigenvalue weighted by Crippen LogP contribution is 2.51. The molecule has 2 amide bonds. The number of nitrogens with two attached hydrogens (primary N) is 1. The lowest BCUT2D eigenvalue weighted by Gasteiger charge is -2.50. The van der Waals surface area contributed by atoms with Crippen molar-refractivity contribution >= 4 is 12.0 Å². The van der Waals surface area contributed by atoms with Gasteiger partial charge in [-0.05, 0) is 24.3 Å². The summed E-state index contributed by atoms with van der Waals surface area (Å²) < 4.78 is 0. The molecule has 102 valence electrons. The SMILES string of the molecule is CC(c1ccccc1)C1(C(=O)O)CCC1NC(N)=O. The van der Waals surface area contributed by atoms with Crippen LogP contribution in [0.5, 0.6) is 0 Å². The van der Waals surface area contributed by atoms with E-state index < -0.39 is 23.5 Å². The molecule has 1 aliphatic rings. The summed E-state index contributed by atoms with van der Waals surface area (Å²) in [5, 5.41) is 12.2. The molecule has 0 spiro atoms. The summed E-state index contributed by atoms with van der Waals surface area (Å²) >= 11 is 0. The van der Waals surface area contributed by atoms with Crippen LogP contribution in [0.2, 0.25) is 0 Å². The lowest BCUT2D eigenvalue weighted by molar-refractivity contribution is -0.159. The predicted molar refractivity (Wildman–Crippen MR) is 70.7 cm³/mol. The second-order valence-electron chi connectivity index (χ2n) is 5.08. The molecule has 5 nitrogen and oxygen atoms in total. The van der Waals surface area contributed by atoms with Crippen LogP contribution in [0.3, 0.4) is 0 Å². The average Bonchev–Trinajstić information content (AvgIpc) is 2.35. The fourth-order valence-electron chi connectivity index (χ4n) is 2.97. The molecule has 3 unspecified atom stereocenters. The van der Waals surface area contributed by atoms with E-state index in [4.69, 9.17) is 5.73 Å². The number of amides is 2. The van der Waals surface area contributed by atoms with Crippen molar-refractivity contribution in [2.75, 3.05) is 0 Å². The van der Waals surface area contributed by atoms with Crippen molar-refractivity contribution in [3.05, 3.63) is 35.9 Å². The van der Waals surface area contributed by atoms with Gasteiger partial charge in [0.15, 0.2) is 0 Å². The van der Waals surface area contributed by atoms with Gasteiger partial charge in [0, 0.05) is 6.04 Å². The van der Waals surface area contributed by atoms with Gasteiger partial charge >= 0.3 is 12.0 Å². The fraction of sp³-hybridized carbons (Fsp3) is 0.429. The lowest BCUT2D eigenvalue weighted by atomic mass is 9.56. The highest BCUT2D eigenvalue weighted by atomic mass is 16.4. The van der Waals surface area contributed by atoms with Crippen LogP contribution < -0.4 is 11.1 Å². The van der Waals surface area contributed by atoms with Crippen molar-refractivity contribution in [2.45, 2.75) is 31.7 Å². The van der Waals surface area contributed by atoms with E-state index in [0.717, 1.165) is 5.56 Å². The average molecular weight is 262 g/mol. The minimum atomic E-state index is -0.962. The molecule has 0 radical (unpaired) electrons. The summed E-state index contributed by atoms with van der Waals surface area (Å²) in [6.45, 7) is 1.89. The lowest BCUT2D eigenvalue weighted by Crippen LogP contribution is -2.62. The van der Waals surface area contributed by atoms with Gasteiger partial charge in [-0.1, -0.05) is 37.3 Å². The third kappa shape index (κ3) is 2.16. The number of rotatable bonds is 4. The summed E-state index contributed by atoms with van der Waals surface area (Å²) in [6, 6.07) is 8.41. The first kappa shape index (κ1) is 13.4. The zero-order valence-corrected chi connectivity index (χ0v) is 10.8. The second-order valence-corrected chi connectivity index (χ2v) is 5.08. The summed E-state index contributed by atoms with van der Waals surface area (Å²) in [4.78, 5) is 22.7. The maximum atomic E-state index is 11.7. The van der Waals surface area contributed by atoms with Crippen molar-refractivity contribution in [1.82, 2.24) is 5.32 Å². The van der Waals surface area contributed by atoms with Gasteiger partial charge in [-0.3, -0.25) is 4.79 Å². The normalized spacial score (nSPS) is 27.1. The smallest absolute Gasteiger partial charge is 0.312 e. The number of carboxylic acid groups (broad SMARTS) is 1. The van der Waals surface area contributed by atoms with Gasteiger partial charge < -0.3 is 16.2 Å². The minimum Gasteiger partial charge on any atom is -0.481 e. The van der Waals surface area contributed by atoms with Gasteiger partial charge in [0.1, 0.15) is 0 Å². The Labute approximate surface area is 111 Å². The van der Waals surface area contributed by atoms with Gasteiger partial charge in [-0.2, -0.15) is 0 Å². The number of carbonyl (C=O) groups excluding carboxylic acids is 1. The van der Waals surface area contributed by atoms with Gasteiger partial charge in [0.25, 0.3) is 0 Å². The van der Waals surface area contributed by atoms with E-state index in [1.165, 1.54) is 0 Å². The van der Waals surface area contributed by atoms with Crippen LogP contribution in [0, 0.1) is 5.41 Å². The minimum absolute atomic E-state index is 0.184. The predicted octanol–water partition coefficient (Wildman–Crippen LogP) is 1.69. The van der Waals surface area contributed by atoms with Gasteiger partial charge in [-0.25, -0.2) is 4.79 Å². The Hall–Kier alpha value is -2.04. The Kier molecular flexibility index (Phi) is 3.46. The summed E-state index contributed by atoms with van der Waals surface area (Å²) in [5.41, 5.74) is 5.12. The van der Waals surface area contributed by atoms with Crippen molar-refractivity contribution in [2.24, 2.45) is 11.1 Å². The molecular weight excluding hydrogens is 244 g/mol. The molecule has 1 aliphatic carbocycles. The first-order valence-electron chi connectivity index (χ1n) is 6.33. The Morgan fingerprint density at radius 1 is 1.42 bits per heavy atom. The molecular formula is C14H18N2O3. The molecule has 1 aromatic rings. The number of hydrogen-bond donors (Lipinski definition) is 3. The van der Waals surface area contributed by atoms with Crippen LogP contribution in [-0.2, 0) is 4.79 Å². The molecule has 3 atom stereocenters. The monoisotopic (exact) mass is 262 g/mol. The quantitative estimate of drug-likeness (QED) is 0.771. The third-order valence-electron chi connectivity index (χ3n) is 4.26. The maximum Gasteiger partial charge on any atom is 0.312 e. The highest BCUT2D eigenvalue weighted by Gasteiger charge is 2.57. The Balaban J connectivity index is 2.30. The molecule has 0 bridgehead atoms. The van der Waals surface area contributed by atoms with Gasteiger partial charge in [0.2, 0.25) is 0 Å². The third-order valence-corrected chi connectivity index (χ3v) is 4.26. The second kappa shape index (κ2) is 4.91. The number of benzene rings is 1. The van der Waals surface area contributed by atoms with Crippen LogP contribution >= 0.6 is 0 Å². The van der Waals surface area contributed by atoms with E-state index in [1.807, 2.05) is 37.3 Å². The molecule has 19 heavy (non-hydrogen) atoms. The molecule has 0 heterocycles. The molecule has 5 heteroatoms. The number of aliphatic carboxylic acids is 1. The number of urea groups is 1. The molecule has 4 N–H and O–H groups in total. The number of carboxylic acids is 1. The standard InChI is InChI=1S/C14H18N2O3/c1-9(10-5-3-2-4-6-10)14(12(17)18)8-7-11(14)16-13(15)19/h2-6,9,11H,7-8H2,1H3,(H,17,18)(H3,15,16,19). The maximum absolute atomic E-state index is 11.7. The largest absolute Gasteiger partial charge is 0.481 e. The van der Waals surface area contributed by atoms with Crippen LogP contribution in [0.1, 0.15) is 31.2 Å². The molecule has 1 fully saturated rings. The summed E-state index contributed by atoms with van der Waals surface area (Å²) in [6.07, 6.45) is 1.19. The highest BCUT2D eigenvalue weighted by molar-refractivity contribution is 5.81. The topological polar surface area (TPSA) is 92.4 Å². The van der Waals surface area contributed by atoms with E-state index in [9.17, 15) is 14.7 Å². The molecule has 0 aliphatic heterocycles. The molecule has 1 saturated carbocycles. The van der Waals surface area contributed by atoms with E-state index in [-0.39, 0.29) is 5.92 Å². The van der Waals surface area contributed by atoms with Gasteiger partial charge in [-0.15, -0.1) is 0 Å². The van der Waals surface area contributed by atoms with Crippen molar-refractivity contribution < 1.29 is 14.7 Å². The van der Waals surface area contributed by atoms with Crippen LogP contribution in [0.15, 0.2) is 30.3 Å². The van der Waals surface area contributed by atoms with Gasteiger partial charge in [0.05, 0.1) is 5.41 Å². The summed E-state index contributed by atoms with van der Waals surface area (Å²) in [7, 11) is 0. The van der Waals surface area contributed by atoms with Crippen LogP contribution in [0.4, 0.5) is 4.79 Å². The Bertz CT molecular complexity index is 489. The van der Waals surface area contributed by atoms with Crippen molar-refractivity contribution in [1.29, 1.82) is 0 Å². The van der Waals surface area contributed by atoms with E-state index in [1.54, 1.807) is 0 Å². The molecule has 2 rings (SSSR count). The Morgan fingerprint density at radius 2 is 2.05 bits per heavy atom. The number of primary amides is 1. The molecule has 0 saturated heterocycles. The number of nitrogens with one attached hydrogen (secondary N) is 1. The summed E-state index contributed by atoms with van der Waals surface area (Å²) in [5.74, 6) is -1.06. The zero-order valence-electron chi connectivity index (χ0n) is 10.8. The Morgan fingerprint density at radius 3 is 2.47 bits per heavy atom. The fourth-order valence-corrected chi connectivity index (χ4v) is 2.97. The number of carbonyl (C=O) groups is 2. The number of hydrogen-bond acceptors (Lipinski definition) is 2. The van der Waals surface area contributed by atoms with E-state index >= 15 is 0 Å². The van der Waals surface area contributed by atoms with E-state index in [2.05, 4.69) is 5.32 Å². The van der Waals surface area contributed by atoms with Crippen molar-refractivity contribution in [3.8, 4) is 0 Å². The first-order valence-corrected chi connectivity index (χ1v) is 6.33. The molecule has 0 aromatic heterocycles.